The number of nitrogens with zero attached hydrogens (tertiary/aromatic N) is 4. The number of carbonyl (C=O) groups is 1. The van der Waals surface area contributed by atoms with Crippen molar-refractivity contribution in [2.75, 3.05) is 32.7 Å². The van der Waals surface area contributed by atoms with Crippen molar-refractivity contribution < 1.29 is 19.1 Å². The summed E-state index contributed by atoms with van der Waals surface area (Å²) in [5.41, 5.74) is 4.77. The molecule has 222 valence electrons. The molecule has 2 fully saturated rings. The van der Waals surface area contributed by atoms with E-state index >= 15 is 0 Å². The third-order valence-corrected chi connectivity index (χ3v) is 8.07. The Kier molecular flexibility index (Phi) is 8.58. The number of amides is 1. The van der Waals surface area contributed by atoms with Crippen molar-refractivity contribution in [3.05, 3.63) is 88.9 Å². The van der Waals surface area contributed by atoms with Gasteiger partial charge < -0.3 is 19.3 Å². The van der Waals surface area contributed by atoms with Crippen molar-refractivity contribution in [3.8, 4) is 5.69 Å². The molecular formula is C34H42N4O4. The van der Waals surface area contributed by atoms with Gasteiger partial charge in [-0.2, -0.15) is 5.10 Å². The lowest BCUT2D eigenvalue weighted by Gasteiger charge is -2.49. The van der Waals surface area contributed by atoms with E-state index in [9.17, 15) is 9.59 Å². The monoisotopic (exact) mass is 570 g/mol. The number of hydrogen-bond acceptors (Lipinski definition) is 6. The van der Waals surface area contributed by atoms with Gasteiger partial charge in [-0.05, 0) is 70.4 Å². The number of ether oxygens (including phenoxy) is 2. The van der Waals surface area contributed by atoms with Crippen LogP contribution in [0.4, 0.5) is 4.79 Å². The molecule has 1 amide bonds. The Hall–Kier alpha value is -3.87. The topological polar surface area (TPSA) is 76.9 Å². The van der Waals surface area contributed by atoms with E-state index in [-0.39, 0.29) is 24.0 Å². The fourth-order valence-electron chi connectivity index (χ4n) is 6.29. The molecule has 5 rings (SSSR count). The molecule has 2 aliphatic heterocycles. The third-order valence-electron chi connectivity index (χ3n) is 8.07. The average molecular weight is 571 g/mol. The Labute approximate surface area is 248 Å². The van der Waals surface area contributed by atoms with Gasteiger partial charge in [-0.25, -0.2) is 14.3 Å². The fraction of sp³-hybridized carbons (Fsp3) is 0.471. The summed E-state index contributed by atoms with van der Waals surface area (Å²) in [7, 11) is 0. The highest BCUT2D eigenvalue weighted by Crippen LogP contribution is 2.41. The molecule has 2 saturated heterocycles. The standard InChI is InChI=1S/C34H42N4O4/c1-25-16-26(2)38(35-25)30-13-9-12-28(17-30)29(18-31(20-39)42-33(3,4)5)19-36-22-34(23-36)14-15-37(24-34)32(40)41-21-27-10-7-6-8-11-27/h6-13,16-17,29H,14-15,18-19,21-24H2,1-5H3/t29-/m1/s1. The van der Waals surface area contributed by atoms with Crippen molar-refractivity contribution >= 4 is 12.0 Å². The van der Waals surface area contributed by atoms with Crippen molar-refractivity contribution in [1.82, 2.24) is 19.6 Å². The molecule has 42 heavy (non-hydrogen) atoms. The maximum Gasteiger partial charge on any atom is 0.410 e. The first-order chi connectivity index (χ1) is 20.0. The molecule has 1 aromatic heterocycles. The number of likely N-dealkylation sites (tertiary alicyclic amines) is 2. The van der Waals surface area contributed by atoms with Gasteiger partial charge in [0.2, 0.25) is 0 Å². The van der Waals surface area contributed by atoms with Gasteiger partial charge in [-0.3, -0.25) is 0 Å². The summed E-state index contributed by atoms with van der Waals surface area (Å²) in [5.74, 6) is 2.44. The number of allylic oxidation sites excluding steroid dienone is 1. The molecular weight excluding hydrogens is 528 g/mol. The second kappa shape index (κ2) is 12.2. The van der Waals surface area contributed by atoms with Crippen molar-refractivity contribution in [1.29, 1.82) is 0 Å². The molecule has 2 aromatic carbocycles. The minimum atomic E-state index is -0.480. The van der Waals surface area contributed by atoms with E-state index in [0.717, 1.165) is 54.3 Å². The van der Waals surface area contributed by atoms with Crippen molar-refractivity contribution in [2.24, 2.45) is 5.41 Å². The second-order valence-corrected chi connectivity index (χ2v) is 13.0. The van der Waals surface area contributed by atoms with Crippen molar-refractivity contribution in [3.63, 3.8) is 0 Å². The lowest BCUT2D eigenvalue weighted by atomic mass is 9.78. The number of benzene rings is 2. The molecule has 1 spiro atoms. The van der Waals surface area contributed by atoms with Crippen LogP contribution in [-0.2, 0) is 20.9 Å². The highest BCUT2D eigenvalue weighted by atomic mass is 16.6. The maximum absolute atomic E-state index is 12.8. The minimum Gasteiger partial charge on any atom is -0.481 e. The minimum absolute atomic E-state index is 0.0337. The van der Waals surface area contributed by atoms with Gasteiger partial charge in [0.05, 0.1) is 11.4 Å². The van der Waals surface area contributed by atoms with E-state index in [4.69, 9.17) is 9.47 Å². The van der Waals surface area contributed by atoms with E-state index in [1.807, 2.05) is 67.6 Å². The van der Waals surface area contributed by atoms with Gasteiger partial charge in [-0.15, -0.1) is 0 Å². The first kappa shape index (κ1) is 29.6. The molecule has 3 aromatic rings. The number of carbonyl (C=O) groups excluding carboxylic acids is 2. The van der Waals surface area contributed by atoms with Crippen LogP contribution >= 0.6 is 0 Å². The van der Waals surface area contributed by atoms with E-state index in [1.165, 1.54) is 0 Å². The van der Waals surface area contributed by atoms with Crippen LogP contribution in [0.15, 0.2) is 66.4 Å². The van der Waals surface area contributed by atoms with E-state index < -0.39 is 5.60 Å². The van der Waals surface area contributed by atoms with Crippen LogP contribution in [0.2, 0.25) is 0 Å². The lowest BCUT2D eigenvalue weighted by molar-refractivity contribution is -0.000157. The third kappa shape index (κ3) is 7.12. The molecule has 0 N–H and O–H groups in total. The molecule has 8 heteroatoms. The number of aromatic nitrogens is 2. The van der Waals surface area contributed by atoms with E-state index in [0.29, 0.717) is 25.3 Å². The highest BCUT2D eigenvalue weighted by Gasteiger charge is 2.49. The normalized spacial score (nSPS) is 17.0. The zero-order valence-corrected chi connectivity index (χ0v) is 25.4. The molecule has 2 aliphatic rings. The number of hydrogen-bond donors (Lipinski definition) is 0. The predicted octanol–water partition coefficient (Wildman–Crippen LogP) is 5.84. The summed E-state index contributed by atoms with van der Waals surface area (Å²) in [6, 6.07) is 20.2. The summed E-state index contributed by atoms with van der Waals surface area (Å²) in [4.78, 5) is 29.0. The zero-order valence-electron chi connectivity index (χ0n) is 25.4. The first-order valence-electron chi connectivity index (χ1n) is 14.8. The molecule has 1 atom stereocenters. The van der Waals surface area contributed by atoms with Gasteiger partial charge >= 0.3 is 6.09 Å². The first-order valence-corrected chi connectivity index (χ1v) is 14.8. The van der Waals surface area contributed by atoms with Crippen LogP contribution in [0.1, 0.15) is 62.0 Å². The smallest absolute Gasteiger partial charge is 0.410 e. The van der Waals surface area contributed by atoms with Gasteiger partial charge in [0.1, 0.15) is 12.2 Å². The van der Waals surface area contributed by atoms with Crippen LogP contribution in [0.3, 0.4) is 0 Å². The fourth-order valence-corrected chi connectivity index (χ4v) is 6.29. The Morgan fingerprint density at radius 1 is 1.05 bits per heavy atom. The number of rotatable bonds is 9. The van der Waals surface area contributed by atoms with E-state index in [2.05, 4.69) is 53.2 Å². The summed E-state index contributed by atoms with van der Waals surface area (Å²) >= 11 is 0. The van der Waals surface area contributed by atoms with E-state index in [1.54, 1.807) is 0 Å². The molecule has 3 heterocycles. The second-order valence-electron chi connectivity index (χ2n) is 13.0. The van der Waals surface area contributed by atoms with Gasteiger partial charge in [0.15, 0.2) is 11.7 Å². The Morgan fingerprint density at radius 2 is 1.81 bits per heavy atom. The van der Waals surface area contributed by atoms with Crippen LogP contribution in [0.25, 0.3) is 5.69 Å². The lowest BCUT2D eigenvalue weighted by Crippen LogP contribution is -2.58. The van der Waals surface area contributed by atoms with Gasteiger partial charge in [0.25, 0.3) is 0 Å². The quantitative estimate of drug-likeness (QED) is 0.238. The maximum atomic E-state index is 12.8. The Balaban J connectivity index is 1.25. The molecule has 0 radical (unpaired) electrons. The van der Waals surface area contributed by atoms with Crippen LogP contribution in [-0.4, -0.2) is 69.9 Å². The SMILES string of the molecule is Cc1cc(C)n(-c2cccc([C@H](CC(=C=O)OC(C)(C)C)CN3CC4(CCN(C(=O)OCc5ccccc5)C4)C3)c2)n1. The van der Waals surface area contributed by atoms with Crippen LogP contribution in [0.5, 0.6) is 0 Å². The largest absolute Gasteiger partial charge is 0.481 e. The average Bonchev–Trinajstić information content (AvgIpc) is 3.53. The summed E-state index contributed by atoms with van der Waals surface area (Å²) in [6.07, 6.45) is 1.19. The molecule has 0 aliphatic carbocycles. The van der Waals surface area contributed by atoms with Crippen LogP contribution < -0.4 is 0 Å². The molecule has 0 bridgehead atoms. The summed E-state index contributed by atoms with van der Waals surface area (Å²) < 4.78 is 13.5. The molecule has 8 nitrogen and oxygen atoms in total. The predicted molar refractivity (Wildman–Crippen MR) is 162 cm³/mol. The molecule has 0 unspecified atom stereocenters. The highest BCUT2D eigenvalue weighted by molar-refractivity contribution is 5.68. The summed E-state index contributed by atoms with van der Waals surface area (Å²) in [5, 5.41) is 4.67. The van der Waals surface area contributed by atoms with Gasteiger partial charge in [0, 0.05) is 56.2 Å². The van der Waals surface area contributed by atoms with Gasteiger partial charge in [-0.1, -0.05) is 42.5 Å². The Morgan fingerprint density at radius 3 is 2.48 bits per heavy atom. The zero-order chi connectivity index (χ0) is 29.9. The Bertz CT molecular complexity index is 1450. The van der Waals surface area contributed by atoms with Crippen molar-refractivity contribution in [2.45, 2.75) is 65.6 Å². The summed E-state index contributed by atoms with van der Waals surface area (Å²) in [6.45, 7) is 14.2. The number of aryl methyl sites for hydroxylation is 2. The van der Waals surface area contributed by atoms with Crippen LogP contribution in [0, 0.1) is 19.3 Å². The molecule has 0 saturated carbocycles.